The molecule has 0 aliphatic carbocycles. The van der Waals surface area contributed by atoms with Gasteiger partial charge in [-0.05, 0) is 29.3 Å². The second-order valence-corrected chi connectivity index (χ2v) is 5.84. The van der Waals surface area contributed by atoms with Crippen molar-refractivity contribution in [2.45, 2.75) is 19.4 Å². The van der Waals surface area contributed by atoms with Crippen LogP contribution in [0.5, 0.6) is 0 Å². The maximum absolute atomic E-state index is 12.6. The number of nitrogens with zero attached hydrogens (tertiary/aromatic N) is 3. The van der Waals surface area contributed by atoms with Gasteiger partial charge in [0.15, 0.2) is 0 Å². The summed E-state index contributed by atoms with van der Waals surface area (Å²) >= 11 is 12.0. The van der Waals surface area contributed by atoms with Gasteiger partial charge in [0.1, 0.15) is 0 Å². The van der Waals surface area contributed by atoms with Gasteiger partial charge in [0.05, 0.1) is 18.9 Å². The van der Waals surface area contributed by atoms with Crippen LogP contribution in [0.2, 0.25) is 10.0 Å². The van der Waals surface area contributed by atoms with Crippen LogP contribution in [-0.4, -0.2) is 22.3 Å². The van der Waals surface area contributed by atoms with Crippen LogP contribution in [0.15, 0.2) is 42.7 Å². The number of benzene rings is 1. The molecule has 0 bridgehead atoms. The fourth-order valence-electron chi connectivity index (χ4n) is 2.13. The summed E-state index contributed by atoms with van der Waals surface area (Å²) in [6, 6.07) is 10.9. The topological polar surface area (TPSA) is 57.0 Å². The summed E-state index contributed by atoms with van der Waals surface area (Å²) in [7, 11) is 0. The number of carbonyl (C=O) groups is 1. The Kier molecular flexibility index (Phi) is 6.40. The lowest BCUT2D eigenvalue weighted by Gasteiger charge is -2.22. The van der Waals surface area contributed by atoms with Gasteiger partial charge in [-0.15, -0.1) is 0 Å². The molecule has 6 heteroatoms. The number of amides is 1. The van der Waals surface area contributed by atoms with Crippen molar-refractivity contribution in [3.63, 3.8) is 0 Å². The molecule has 0 saturated heterocycles. The van der Waals surface area contributed by atoms with E-state index in [1.54, 1.807) is 35.5 Å². The van der Waals surface area contributed by atoms with Crippen LogP contribution in [0.4, 0.5) is 0 Å². The fourth-order valence-corrected chi connectivity index (χ4v) is 2.60. The molecule has 0 aliphatic heterocycles. The van der Waals surface area contributed by atoms with Crippen LogP contribution in [0, 0.1) is 11.3 Å². The first-order chi connectivity index (χ1) is 11.1. The van der Waals surface area contributed by atoms with Crippen molar-refractivity contribution in [1.82, 2.24) is 9.88 Å². The third-order valence-corrected chi connectivity index (χ3v) is 3.89. The number of pyridine rings is 1. The number of hydrogen-bond acceptors (Lipinski definition) is 3. The zero-order chi connectivity index (χ0) is 16.7. The molecule has 2 rings (SSSR count). The highest BCUT2D eigenvalue weighted by Crippen LogP contribution is 2.22. The van der Waals surface area contributed by atoms with Gasteiger partial charge in [-0.2, -0.15) is 5.26 Å². The minimum absolute atomic E-state index is 0.0895. The number of nitriles is 1. The van der Waals surface area contributed by atoms with Crippen molar-refractivity contribution in [2.24, 2.45) is 0 Å². The summed E-state index contributed by atoms with van der Waals surface area (Å²) in [6.45, 7) is 0.787. The number of carbonyl (C=O) groups excluding carboxylic acids is 1. The third-order valence-electron chi connectivity index (χ3n) is 3.30. The van der Waals surface area contributed by atoms with E-state index < -0.39 is 0 Å². The van der Waals surface area contributed by atoms with Gasteiger partial charge in [-0.1, -0.05) is 35.3 Å². The second kappa shape index (κ2) is 8.52. The first kappa shape index (κ1) is 17.3. The van der Waals surface area contributed by atoms with Crippen LogP contribution in [0.3, 0.4) is 0 Å². The molecule has 0 fully saturated rings. The third kappa shape index (κ3) is 5.24. The molecule has 118 valence electrons. The van der Waals surface area contributed by atoms with Gasteiger partial charge in [-0.25, -0.2) is 0 Å². The van der Waals surface area contributed by atoms with E-state index >= 15 is 0 Å². The molecule has 23 heavy (non-hydrogen) atoms. The number of rotatable bonds is 6. The summed E-state index contributed by atoms with van der Waals surface area (Å²) < 4.78 is 0. The van der Waals surface area contributed by atoms with Gasteiger partial charge < -0.3 is 4.90 Å². The van der Waals surface area contributed by atoms with Crippen molar-refractivity contribution in [2.75, 3.05) is 6.54 Å². The molecule has 0 radical (unpaired) electrons. The molecule has 1 heterocycles. The smallest absolute Gasteiger partial charge is 0.227 e. The number of hydrogen-bond donors (Lipinski definition) is 0. The summed E-state index contributed by atoms with van der Waals surface area (Å²) in [5, 5.41) is 9.79. The van der Waals surface area contributed by atoms with Crippen LogP contribution >= 0.6 is 23.2 Å². The lowest BCUT2D eigenvalue weighted by Crippen LogP contribution is -2.32. The Balaban J connectivity index is 2.11. The lowest BCUT2D eigenvalue weighted by molar-refractivity contribution is -0.131. The molecule has 0 spiro atoms. The van der Waals surface area contributed by atoms with E-state index in [1.807, 2.05) is 12.1 Å². The maximum Gasteiger partial charge on any atom is 0.227 e. The summed E-state index contributed by atoms with van der Waals surface area (Å²) in [4.78, 5) is 18.3. The van der Waals surface area contributed by atoms with Crippen molar-refractivity contribution in [1.29, 1.82) is 5.26 Å². The molecule has 0 aliphatic rings. The Hall–Kier alpha value is -2.09. The highest BCUT2D eigenvalue weighted by Gasteiger charge is 2.16. The van der Waals surface area contributed by atoms with Crippen LogP contribution < -0.4 is 0 Å². The van der Waals surface area contributed by atoms with Crippen LogP contribution in [0.1, 0.15) is 17.5 Å². The number of halogens is 2. The van der Waals surface area contributed by atoms with Gasteiger partial charge in [0.25, 0.3) is 0 Å². The Morgan fingerprint density at radius 1 is 1.30 bits per heavy atom. The minimum Gasteiger partial charge on any atom is -0.337 e. The molecule has 2 aromatic rings. The first-order valence-corrected chi connectivity index (χ1v) is 7.83. The average molecular weight is 348 g/mol. The molecule has 4 nitrogen and oxygen atoms in total. The molecule has 0 saturated carbocycles. The van der Waals surface area contributed by atoms with Gasteiger partial charge in [0, 0.05) is 35.5 Å². The molecular formula is C17H15Cl2N3O. The standard InChI is InChI=1S/C17H15Cl2N3O/c18-15-5-4-14(16(19)10-15)9-17(23)22(8-2-6-20)12-13-3-1-7-21-11-13/h1,3-5,7,10-11H,2,8-9,12H2. The molecule has 1 aromatic heterocycles. The average Bonchev–Trinajstić information content (AvgIpc) is 2.55. The summed E-state index contributed by atoms with van der Waals surface area (Å²) in [5.74, 6) is -0.0895. The van der Waals surface area contributed by atoms with Crippen molar-refractivity contribution in [3.05, 3.63) is 63.9 Å². The predicted octanol–water partition coefficient (Wildman–Crippen LogP) is 3.87. The van der Waals surface area contributed by atoms with Gasteiger partial charge >= 0.3 is 0 Å². The zero-order valence-electron chi connectivity index (χ0n) is 12.4. The van der Waals surface area contributed by atoms with E-state index in [-0.39, 0.29) is 18.7 Å². The first-order valence-electron chi connectivity index (χ1n) is 7.07. The Bertz CT molecular complexity index is 714. The lowest BCUT2D eigenvalue weighted by atomic mass is 10.1. The Labute approximate surface area is 145 Å². The van der Waals surface area contributed by atoms with Gasteiger partial charge in [-0.3, -0.25) is 9.78 Å². The molecule has 0 N–H and O–H groups in total. The highest BCUT2D eigenvalue weighted by molar-refractivity contribution is 6.35. The summed E-state index contributed by atoms with van der Waals surface area (Å²) in [6.07, 6.45) is 3.84. The fraction of sp³-hybridized carbons (Fsp3) is 0.235. The largest absolute Gasteiger partial charge is 0.337 e. The van der Waals surface area contributed by atoms with Crippen molar-refractivity contribution in [3.8, 4) is 6.07 Å². The second-order valence-electron chi connectivity index (χ2n) is 5.00. The van der Waals surface area contributed by atoms with E-state index in [0.717, 1.165) is 5.56 Å². The minimum atomic E-state index is -0.0895. The molecular weight excluding hydrogens is 333 g/mol. The molecule has 1 amide bonds. The van der Waals surface area contributed by atoms with E-state index in [4.69, 9.17) is 28.5 Å². The highest BCUT2D eigenvalue weighted by atomic mass is 35.5. The van der Waals surface area contributed by atoms with E-state index in [9.17, 15) is 4.79 Å². The van der Waals surface area contributed by atoms with E-state index in [0.29, 0.717) is 28.7 Å². The van der Waals surface area contributed by atoms with Crippen molar-refractivity contribution >= 4 is 29.1 Å². The quantitative estimate of drug-likeness (QED) is 0.796. The zero-order valence-corrected chi connectivity index (χ0v) is 13.9. The maximum atomic E-state index is 12.6. The van der Waals surface area contributed by atoms with Crippen molar-refractivity contribution < 1.29 is 4.79 Å². The molecule has 0 unspecified atom stereocenters. The summed E-state index contributed by atoms with van der Waals surface area (Å²) in [5.41, 5.74) is 1.63. The predicted molar refractivity (Wildman–Crippen MR) is 90.1 cm³/mol. The monoisotopic (exact) mass is 347 g/mol. The normalized spacial score (nSPS) is 10.1. The van der Waals surface area contributed by atoms with Crippen LogP contribution in [-0.2, 0) is 17.8 Å². The Morgan fingerprint density at radius 2 is 2.13 bits per heavy atom. The molecule has 0 atom stereocenters. The van der Waals surface area contributed by atoms with E-state index in [1.165, 1.54) is 0 Å². The van der Waals surface area contributed by atoms with Gasteiger partial charge in [0.2, 0.25) is 5.91 Å². The number of aromatic nitrogens is 1. The SMILES string of the molecule is N#CCCN(Cc1cccnc1)C(=O)Cc1ccc(Cl)cc1Cl. The Morgan fingerprint density at radius 3 is 2.78 bits per heavy atom. The molecule has 1 aromatic carbocycles. The van der Waals surface area contributed by atoms with E-state index in [2.05, 4.69) is 11.1 Å². The van der Waals surface area contributed by atoms with Crippen LogP contribution in [0.25, 0.3) is 0 Å².